The molecule has 6 heteroatoms. The minimum absolute atomic E-state index is 0.0130. The van der Waals surface area contributed by atoms with Crippen LogP contribution in [-0.4, -0.2) is 63.4 Å². The summed E-state index contributed by atoms with van der Waals surface area (Å²) in [6.45, 7) is 7.52. The Labute approximate surface area is 155 Å². The molecule has 0 atom stereocenters. The summed E-state index contributed by atoms with van der Waals surface area (Å²) in [6.07, 6.45) is 6.31. The number of aryl methyl sites for hydroxylation is 2. The molecule has 0 aliphatic carbocycles. The topological polar surface area (TPSA) is 54.3 Å². The van der Waals surface area contributed by atoms with E-state index in [0.717, 1.165) is 45.6 Å². The molecular weight excluding hydrogens is 326 g/mol. The van der Waals surface area contributed by atoms with Crippen molar-refractivity contribution in [1.82, 2.24) is 24.8 Å². The van der Waals surface area contributed by atoms with E-state index in [-0.39, 0.29) is 5.91 Å². The molecule has 0 bridgehead atoms. The third-order valence-corrected chi connectivity index (χ3v) is 5.01. The van der Waals surface area contributed by atoms with Gasteiger partial charge < -0.3 is 9.80 Å². The lowest BCUT2D eigenvalue weighted by Gasteiger charge is -2.23. The van der Waals surface area contributed by atoms with Gasteiger partial charge in [-0.2, -0.15) is 0 Å². The second kappa shape index (κ2) is 9.48. The highest BCUT2D eigenvalue weighted by Gasteiger charge is 2.19. The highest BCUT2D eigenvalue weighted by molar-refractivity contribution is 5.91. The molecule has 1 fully saturated rings. The lowest BCUT2D eigenvalue weighted by atomic mass is 10.1. The number of hydrogen-bond acceptors (Lipinski definition) is 4. The second-order valence-electron chi connectivity index (χ2n) is 6.89. The number of aromatic nitrogens is 3. The molecule has 26 heavy (non-hydrogen) atoms. The van der Waals surface area contributed by atoms with Crippen LogP contribution in [0.3, 0.4) is 0 Å². The Hall–Kier alpha value is -2.21. The summed E-state index contributed by atoms with van der Waals surface area (Å²) in [7, 11) is 0. The van der Waals surface area contributed by atoms with Crippen molar-refractivity contribution in [3.05, 3.63) is 47.8 Å². The minimum Gasteiger partial charge on any atom is -0.336 e. The molecule has 6 nitrogen and oxygen atoms in total. The maximum Gasteiger partial charge on any atom is 0.276 e. The van der Waals surface area contributed by atoms with Crippen molar-refractivity contribution in [2.45, 2.75) is 39.2 Å². The molecule has 1 aliphatic heterocycles. The maximum absolute atomic E-state index is 12.7. The maximum atomic E-state index is 12.7. The van der Waals surface area contributed by atoms with Gasteiger partial charge >= 0.3 is 0 Å². The van der Waals surface area contributed by atoms with E-state index >= 15 is 0 Å². The third-order valence-electron chi connectivity index (χ3n) is 5.01. The van der Waals surface area contributed by atoms with Gasteiger partial charge in [-0.05, 0) is 51.3 Å². The number of amides is 1. The Morgan fingerprint density at radius 2 is 1.92 bits per heavy atom. The number of rotatable bonds is 9. The summed E-state index contributed by atoms with van der Waals surface area (Å²) in [6, 6.07) is 10.4. The number of hydrogen-bond donors (Lipinski definition) is 0. The number of carbonyl (C=O) groups excluding carboxylic acids is 1. The van der Waals surface area contributed by atoms with Crippen LogP contribution < -0.4 is 0 Å². The summed E-state index contributed by atoms with van der Waals surface area (Å²) in [5, 5.41) is 8.23. The molecule has 0 N–H and O–H groups in total. The first-order valence-corrected chi connectivity index (χ1v) is 9.72. The van der Waals surface area contributed by atoms with Gasteiger partial charge in [0.1, 0.15) is 0 Å². The number of carbonyl (C=O) groups is 1. The summed E-state index contributed by atoms with van der Waals surface area (Å²) >= 11 is 0. The van der Waals surface area contributed by atoms with E-state index in [1.165, 1.54) is 18.4 Å². The van der Waals surface area contributed by atoms with Gasteiger partial charge in [-0.1, -0.05) is 35.5 Å². The summed E-state index contributed by atoms with van der Waals surface area (Å²) in [4.78, 5) is 17.0. The van der Waals surface area contributed by atoms with Gasteiger partial charge in [-0.15, -0.1) is 5.10 Å². The standard InChI is InChI=1S/C20H29N5O/c1-2-24(16-15-23-12-6-7-13-23)20(26)19-17-25(22-21-19)14-8-11-18-9-4-3-5-10-18/h3-5,9-10,17H,2,6-8,11-16H2,1H3. The van der Waals surface area contributed by atoms with E-state index in [9.17, 15) is 4.79 Å². The van der Waals surface area contributed by atoms with E-state index in [1.54, 1.807) is 10.9 Å². The predicted molar refractivity (Wildman–Crippen MR) is 102 cm³/mol. The first kappa shape index (κ1) is 18.6. The first-order valence-electron chi connectivity index (χ1n) is 9.72. The molecule has 1 saturated heterocycles. The fraction of sp³-hybridized carbons (Fsp3) is 0.550. The molecule has 1 aromatic heterocycles. The molecular formula is C20H29N5O. The summed E-state index contributed by atoms with van der Waals surface area (Å²) in [5.74, 6) is -0.0130. The van der Waals surface area contributed by atoms with E-state index in [4.69, 9.17) is 0 Å². The summed E-state index contributed by atoms with van der Waals surface area (Å²) in [5.41, 5.74) is 1.77. The summed E-state index contributed by atoms with van der Waals surface area (Å²) < 4.78 is 1.78. The highest BCUT2D eigenvalue weighted by Crippen LogP contribution is 2.08. The minimum atomic E-state index is -0.0130. The predicted octanol–water partition coefficient (Wildman–Crippen LogP) is 2.47. The average molecular weight is 355 g/mol. The van der Waals surface area contributed by atoms with Crippen LogP contribution in [0.5, 0.6) is 0 Å². The van der Waals surface area contributed by atoms with Crippen molar-refractivity contribution in [1.29, 1.82) is 0 Å². The van der Waals surface area contributed by atoms with Crippen molar-refractivity contribution in [3.8, 4) is 0 Å². The molecule has 0 saturated carbocycles. The number of benzene rings is 1. The second-order valence-corrected chi connectivity index (χ2v) is 6.89. The fourth-order valence-electron chi connectivity index (χ4n) is 3.43. The number of nitrogens with zero attached hydrogens (tertiary/aromatic N) is 5. The molecule has 0 unspecified atom stereocenters. The fourth-order valence-corrected chi connectivity index (χ4v) is 3.43. The lowest BCUT2D eigenvalue weighted by molar-refractivity contribution is 0.0743. The molecule has 1 aromatic carbocycles. The van der Waals surface area contributed by atoms with Crippen molar-refractivity contribution in [3.63, 3.8) is 0 Å². The van der Waals surface area contributed by atoms with E-state index < -0.39 is 0 Å². The zero-order valence-electron chi connectivity index (χ0n) is 15.7. The monoisotopic (exact) mass is 355 g/mol. The SMILES string of the molecule is CCN(CCN1CCCC1)C(=O)c1cn(CCCc2ccccc2)nn1. The lowest BCUT2D eigenvalue weighted by Crippen LogP contribution is -2.38. The van der Waals surface area contributed by atoms with Gasteiger partial charge in [0.2, 0.25) is 0 Å². The van der Waals surface area contributed by atoms with E-state index in [1.807, 2.05) is 17.9 Å². The van der Waals surface area contributed by atoms with Gasteiger partial charge in [-0.3, -0.25) is 9.48 Å². The first-order chi connectivity index (χ1) is 12.8. The molecule has 140 valence electrons. The van der Waals surface area contributed by atoms with E-state index in [2.05, 4.69) is 39.5 Å². The van der Waals surface area contributed by atoms with Crippen LogP contribution >= 0.6 is 0 Å². The average Bonchev–Trinajstić information content (AvgIpc) is 3.35. The van der Waals surface area contributed by atoms with Crippen LogP contribution in [0.1, 0.15) is 42.2 Å². The van der Waals surface area contributed by atoms with Gasteiger partial charge in [0.15, 0.2) is 5.69 Å². The largest absolute Gasteiger partial charge is 0.336 e. The highest BCUT2D eigenvalue weighted by atomic mass is 16.2. The zero-order valence-corrected chi connectivity index (χ0v) is 15.7. The Kier molecular flexibility index (Phi) is 6.77. The van der Waals surface area contributed by atoms with Crippen molar-refractivity contribution in [2.24, 2.45) is 0 Å². The van der Waals surface area contributed by atoms with Crippen molar-refractivity contribution >= 4 is 5.91 Å². The van der Waals surface area contributed by atoms with Crippen molar-refractivity contribution < 1.29 is 4.79 Å². The molecule has 1 amide bonds. The smallest absolute Gasteiger partial charge is 0.276 e. The zero-order chi connectivity index (χ0) is 18.2. The number of likely N-dealkylation sites (N-methyl/N-ethyl adjacent to an activating group) is 1. The Bertz CT molecular complexity index is 679. The van der Waals surface area contributed by atoms with Crippen LogP contribution in [0, 0.1) is 0 Å². The Balaban J connectivity index is 1.47. The molecule has 3 rings (SSSR count). The molecule has 2 aromatic rings. The number of likely N-dealkylation sites (tertiary alicyclic amines) is 1. The molecule has 1 aliphatic rings. The normalized spacial score (nSPS) is 14.7. The molecule has 0 radical (unpaired) electrons. The quantitative estimate of drug-likeness (QED) is 0.693. The van der Waals surface area contributed by atoms with Crippen LogP contribution in [0.25, 0.3) is 0 Å². The van der Waals surface area contributed by atoms with Crippen molar-refractivity contribution in [2.75, 3.05) is 32.7 Å². The van der Waals surface area contributed by atoms with Crippen LogP contribution in [0.2, 0.25) is 0 Å². The van der Waals surface area contributed by atoms with Gasteiger partial charge in [0, 0.05) is 26.2 Å². The molecule has 0 spiro atoms. The van der Waals surface area contributed by atoms with Crippen LogP contribution in [-0.2, 0) is 13.0 Å². The van der Waals surface area contributed by atoms with Gasteiger partial charge in [0.25, 0.3) is 5.91 Å². The molecule has 2 heterocycles. The van der Waals surface area contributed by atoms with E-state index in [0.29, 0.717) is 12.2 Å². The Morgan fingerprint density at radius 1 is 1.15 bits per heavy atom. The van der Waals surface area contributed by atoms with Crippen LogP contribution in [0.15, 0.2) is 36.5 Å². The van der Waals surface area contributed by atoms with Gasteiger partial charge in [0.05, 0.1) is 6.20 Å². The van der Waals surface area contributed by atoms with Gasteiger partial charge in [-0.25, -0.2) is 0 Å². The third kappa shape index (κ3) is 5.14. The van der Waals surface area contributed by atoms with Crippen LogP contribution in [0.4, 0.5) is 0 Å². The Morgan fingerprint density at radius 3 is 2.65 bits per heavy atom.